The highest BCUT2D eigenvalue weighted by molar-refractivity contribution is 6.00. The Kier molecular flexibility index (Phi) is 4.20. The fraction of sp³-hybridized carbons (Fsp3) is 0.217. The van der Waals surface area contributed by atoms with Gasteiger partial charge in [-0.3, -0.25) is 0 Å². The molecule has 0 saturated heterocycles. The van der Waals surface area contributed by atoms with Crippen molar-refractivity contribution in [1.82, 2.24) is 15.0 Å². The number of H-pyrrole nitrogens is 1. The van der Waals surface area contributed by atoms with Gasteiger partial charge in [0.2, 0.25) is 0 Å². The van der Waals surface area contributed by atoms with Gasteiger partial charge in [0.25, 0.3) is 0 Å². The van der Waals surface area contributed by atoms with Crippen LogP contribution in [-0.2, 0) is 0 Å². The van der Waals surface area contributed by atoms with Crippen molar-refractivity contribution in [3.8, 4) is 22.6 Å². The summed E-state index contributed by atoms with van der Waals surface area (Å²) in [5.74, 6) is 3.48. The monoisotopic (exact) mass is 370 g/mol. The summed E-state index contributed by atoms with van der Waals surface area (Å²) < 4.78 is 5.88. The molecule has 2 heterocycles. The topological polar surface area (TPSA) is 76.8 Å². The van der Waals surface area contributed by atoms with Crippen molar-refractivity contribution >= 4 is 16.9 Å². The van der Waals surface area contributed by atoms with Gasteiger partial charge in [0.05, 0.1) is 5.39 Å². The summed E-state index contributed by atoms with van der Waals surface area (Å²) in [5.41, 5.74) is 9.22. The number of hydrogen-bond acceptors (Lipinski definition) is 4. The molecule has 1 saturated carbocycles. The van der Waals surface area contributed by atoms with Crippen molar-refractivity contribution in [2.24, 2.45) is 0 Å². The Bertz CT molecular complexity index is 1100. The zero-order valence-corrected chi connectivity index (χ0v) is 15.6. The predicted molar refractivity (Wildman–Crippen MR) is 111 cm³/mol. The van der Waals surface area contributed by atoms with Crippen LogP contribution < -0.4 is 10.5 Å². The van der Waals surface area contributed by atoms with Crippen LogP contribution in [0.1, 0.15) is 37.4 Å². The van der Waals surface area contributed by atoms with Crippen molar-refractivity contribution in [2.45, 2.75) is 31.6 Å². The van der Waals surface area contributed by atoms with Crippen LogP contribution in [-0.4, -0.2) is 15.0 Å². The van der Waals surface area contributed by atoms with Crippen LogP contribution in [0.15, 0.2) is 60.8 Å². The van der Waals surface area contributed by atoms with E-state index in [0.717, 1.165) is 52.3 Å². The lowest BCUT2D eigenvalue weighted by molar-refractivity contribution is 0.483. The number of nitrogens with zero attached hydrogens (tertiary/aromatic N) is 2. The van der Waals surface area contributed by atoms with E-state index in [9.17, 15) is 0 Å². The molecule has 0 bridgehead atoms. The van der Waals surface area contributed by atoms with Gasteiger partial charge >= 0.3 is 0 Å². The smallest absolute Gasteiger partial charge is 0.143 e. The van der Waals surface area contributed by atoms with Crippen LogP contribution in [0.4, 0.5) is 5.82 Å². The number of benzene rings is 2. The van der Waals surface area contributed by atoms with Crippen LogP contribution in [0, 0.1) is 0 Å². The van der Waals surface area contributed by atoms with Gasteiger partial charge in [0.15, 0.2) is 0 Å². The second-order valence-corrected chi connectivity index (χ2v) is 7.31. The van der Waals surface area contributed by atoms with Crippen molar-refractivity contribution < 1.29 is 4.74 Å². The van der Waals surface area contributed by atoms with Crippen LogP contribution in [0.25, 0.3) is 22.2 Å². The van der Waals surface area contributed by atoms with Gasteiger partial charge in [-0.1, -0.05) is 43.2 Å². The molecule has 0 atom stereocenters. The van der Waals surface area contributed by atoms with Crippen molar-refractivity contribution in [1.29, 1.82) is 0 Å². The first-order chi connectivity index (χ1) is 13.8. The quantitative estimate of drug-likeness (QED) is 0.486. The number of nitrogens with two attached hydrogens (primary N) is 1. The SMILES string of the molecule is Nc1nc(C2CCCC2)nc2[nH]cc(-c3ccc(Oc4ccccc4)cc3)c12. The summed E-state index contributed by atoms with van der Waals surface area (Å²) in [4.78, 5) is 12.7. The van der Waals surface area contributed by atoms with Crippen molar-refractivity contribution in [2.75, 3.05) is 5.73 Å². The average Bonchev–Trinajstić information content (AvgIpc) is 3.40. The second kappa shape index (κ2) is 7.00. The Balaban J connectivity index is 1.45. The molecule has 0 amide bonds. The lowest BCUT2D eigenvalue weighted by Crippen LogP contribution is -2.04. The fourth-order valence-electron chi connectivity index (χ4n) is 4.00. The number of aromatic nitrogens is 3. The summed E-state index contributed by atoms with van der Waals surface area (Å²) in [7, 11) is 0. The van der Waals surface area contributed by atoms with Gasteiger partial charge in [0, 0.05) is 17.7 Å². The van der Waals surface area contributed by atoms with Gasteiger partial charge in [-0.15, -0.1) is 0 Å². The van der Waals surface area contributed by atoms with E-state index in [1.54, 1.807) is 0 Å². The summed E-state index contributed by atoms with van der Waals surface area (Å²) >= 11 is 0. The largest absolute Gasteiger partial charge is 0.457 e. The predicted octanol–water partition coefficient (Wildman–Crippen LogP) is 5.66. The third-order valence-electron chi connectivity index (χ3n) is 5.44. The molecular formula is C23H22N4O. The van der Waals surface area contributed by atoms with Crippen LogP contribution in [0.2, 0.25) is 0 Å². The van der Waals surface area contributed by atoms with Gasteiger partial charge < -0.3 is 15.5 Å². The Morgan fingerprint density at radius 2 is 1.61 bits per heavy atom. The first-order valence-corrected chi connectivity index (χ1v) is 9.76. The summed E-state index contributed by atoms with van der Waals surface area (Å²) in [5, 5.41) is 0.887. The van der Waals surface area contributed by atoms with E-state index < -0.39 is 0 Å². The first kappa shape index (κ1) is 16.8. The Morgan fingerprint density at radius 3 is 2.36 bits per heavy atom. The molecule has 0 unspecified atom stereocenters. The second-order valence-electron chi connectivity index (χ2n) is 7.31. The molecule has 0 radical (unpaired) electrons. The van der Waals surface area contributed by atoms with Gasteiger partial charge in [-0.25, -0.2) is 9.97 Å². The highest BCUT2D eigenvalue weighted by atomic mass is 16.5. The number of fused-ring (bicyclic) bond motifs is 1. The normalized spacial score (nSPS) is 14.6. The number of rotatable bonds is 4. The molecule has 2 aromatic carbocycles. The third-order valence-corrected chi connectivity index (χ3v) is 5.44. The lowest BCUT2D eigenvalue weighted by atomic mass is 10.0. The molecule has 3 N–H and O–H groups in total. The maximum atomic E-state index is 6.34. The molecule has 140 valence electrons. The Morgan fingerprint density at radius 1 is 0.893 bits per heavy atom. The molecule has 1 fully saturated rings. The zero-order chi connectivity index (χ0) is 18.9. The molecule has 4 aromatic rings. The van der Waals surface area contributed by atoms with Gasteiger partial charge in [0.1, 0.15) is 28.8 Å². The van der Waals surface area contributed by atoms with E-state index in [-0.39, 0.29) is 0 Å². The molecule has 5 heteroatoms. The standard InChI is InChI=1S/C23H22N4O/c24-21-20-19(14-25-23(20)27-22(26-21)16-6-4-5-7-16)15-10-12-18(13-11-15)28-17-8-2-1-3-9-17/h1-3,8-14,16H,4-7H2,(H3,24,25,26,27). The third kappa shape index (κ3) is 3.09. The fourth-order valence-corrected chi connectivity index (χ4v) is 4.00. The molecule has 1 aliphatic carbocycles. The number of anilines is 1. The Hall–Kier alpha value is -3.34. The number of nitrogens with one attached hydrogen (secondary N) is 1. The maximum absolute atomic E-state index is 6.34. The molecular weight excluding hydrogens is 348 g/mol. The average molecular weight is 370 g/mol. The van der Waals surface area contributed by atoms with E-state index in [1.807, 2.05) is 60.8 Å². The molecule has 2 aromatic heterocycles. The number of ether oxygens (including phenoxy) is 1. The minimum Gasteiger partial charge on any atom is -0.457 e. The number of para-hydroxylation sites is 1. The number of aromatic amines is 1. The Labute approximate surface area is 163 Å². The van der Waals surface area contributed by atoms with E-state index >= 15 is 0 Å². The lowest BCUT2D eigenvalue weighted by Gasteiger charge is -2.10. The molecule has 1 aliphatic rings. The summed E-state index contributed by atoms with van der Waals surface area (Å²) in [6.07, 6.45) is 6.77. The molecule has 28 heavy (non-hydrogen) atoms. The molecule has 5 nitrogen and oxygen atoms in total. The first-order valence-electron chi connectivity index (χ1n) is 9.76. The maximum Gasteiger partial charge on any atom is 0.143 e. The van der Waals surface area contributed by atoms with Gasteiger partial charge in [-0.05, 0) is 42.7 Å². The number of nitrogen functional groups attached to an aromatic ring is 1. The van der Waals surface area contributed by atoms with Crippen LogP contribution >= 0.6 is 0 Å². The highest BCUT2D eigenvalue weighted by Crippen LogP contribution is 2.36. The minimum atomic E-state index is 0.438. The van der Waals surface area contributed by atoms with E-state index in [0.29, 0.717) is 11.7 Å². The summed E-state index contributed by atoms with van der Waals surface area (Å²) in [6.45, 7) is 0. The minimum absolute atomic E-state index is 0.438. The van der Waals surface area contributed by atoms with Gasteiger partial charge in [-0.2, -0.15) is 0 Å². The van der Waals surface area contributed by atoms with Crippen LogP contribution in [0.5, 0.6) is 11.5 Å². The van der Waals surface area contributed by atoms with Crippen molar-refractivity contribution in [3.63, 3.8) is 0 Å². The van der Waals surface area contributed by atoms with E-state index in [2.05, 4.69) is 9.97 Å². The summed E-state index contributed by atoms with van der Waals surface area (Å²) in [6, 6.07) is 17.8. The molecule has 5 rings (SSSR count). The van der Waals surface area contributed by atoms with E-state index in [1.165, 1.54) is 12.8 Å². The molecule has 0 spiro atoms. The van der Waals surface area contributed by atoms with E-state index in [4.69, 9.17) is 15.5 Å². The van der Waals surface area contributed by atoms with Crippen molar-refractivity contribution in [3.05, 3.63) is 66.6 Å². The van der Waals surface area contributed by atoms with Crippen LogP contribution in [0.3, 0.4) is 0 Å². The zero-order valence-electron chi connectivity index (χ0n) is 15.6. The number of hydrogen-bond donors (Lipinski definition) is 2. The highest BCUT2D eigenvalue weighted by Gasteiger charge is 2.22. The molecule has 0 aliphatic heterocycles.